The van der Waals surface area contributed by atoms with Gasteiger partial charge in [0.1, 0.15) is 6.61 Å². The third-order valence-electron chi connectivity index (χ3n) is 1.76. The molecule has 0 bridgehead atoms. The second-order valence-electron chi connectivity index (χ2n) is 3.38. The fraction of sp³-hybridized carbons (Fsp3) is 0.900. The quantitative estimate of drug-likeness (QED) is 0.471. The average molecular weight is 203 g/mol. The van der Waals surface area contributed by atoms with E-state index in [0.717, 1.165) is 13.0 Å². The Labute approximate surface area is 85.8 Å². The molecule has 0 spiro atoms. The van der Waals surface area contributed by atoms with Crippen molar-refractivity contribution in [3.05, 3.63) is 0 Å². The Hall–Kier alpha value is -0.610. The lowest BCUT2D eigenvalue weighted by molar-refractivity contribution is -0.146. The normalized spacial score (nSPS) is 12.5. The van der Waals surface area contributed by atoms with E-state index in [1.165, 1.54) is 0 Å². The van der Waals surface area contributed by atoms with Gasteiger partial charge in [-0.05, 0) is 18.9 Å². The highest BCUT2D eigenvalue weighted by Gasteiger charge is 2.07. The Morgan fingerprint density at radius 2 is 2.07 bits per heavy atom. The smallest absolute Gasteiger partial charge is 0.306 e. The van der Waals surface area contributed by atoms with Gasteiger partial charge in [-0.15, -0.1) is 0 Å². The summed E-state index contributed by atoms with van der Waals surface area (Å²) in [6.07, 6.45) is 1.38. The van der Waals surface area contributed by atoms with E-state index in [9.17, 15) is 4.79 Å². The third kappa shape index (κ3) is 8.01. The van der Waals surface area contributed by atoms with E-state index in [-0.39, 0.29) is 11.9 Å². The third-order valence-corrected chi connectivity index (χ3v) is 1.76. The van der Waals surface area contributed by atoms with Crippen molar-refractivity contribution < 1.29 is 14.3 Å². The van der Waals surface area contributed by atoms with Crippen molar-refractivity contribution in [3.8, 4) is 0 Å². The van der Waals surface area contributed by atoms with Crippen LogP contribution < -0.4 is 5.73 Å². The predicted molar refractivity (Wildman–Crippen MR) is 54.9 cm³/mol. The van der Waals surface area contributed by atoms with Crippen LogP contribution in [0.15, 0.2) is 0 Å². The second kappa shape index (κ2) is 8.97. The van der Waals surface area contributed by atoms with Gasteiger partial charge in [0.2, 0.25) is 0 Å². The van der Waals surface area contributed by atoms with Crippen LogP contribution in [0.3, 0.4) is 0 Å². The van der Waals surface area contributed by atoms with Crippen molar-refractivity contribution in [2.75, 3.05) is 26.4 Å². The monoisotopic (exact) mass is 203 g/mol. The molecule has 0 aromatic heterocycles. The maximum Gasteiger partial charge on any atom is 0.306 e. The van der Waals surface area contributed by atoms with E-state index in [2.05, 4.69) is 0 Å². The van der Waals surface area contributed by atoms with Crippen molar-refractivity contribution in [3.63, 3.8) is 0 Å². The van der Waals surface area contributed by atoms with Crippen molar-refractivity contribution in [1.29, 1.82) is 0 Å². The fourth-order valence-corrected chi connectivity index (χ4v) is 0.888. The van der Waals surface area contributed by atoms with Crippen LogP contribution in [0, 0.1) is 5.92 Å². The fourth-order valence-electron chi connectivity index (χ4n) is 0.888. The van der Waals surface area contributed by atoms with Crippen LogP contribution in [0.1, 0.15) is 26.7 Å². The van der Waals surface area contributed by atoms with Gasteiger partial charge in [0, 0.05) is 13.0 Å². The topological polar surface area (TPSA) is 61.5 Å². The molecule has 4 nitrogen and oxygen atoms in total. The van der Waals surface area contributed by atoms with Gasteiger partial charge in [0.15, 0.2) is 0 Å². The minimum Gasteiger partial charge on any atom is -0.463 e. The van der Waals surface area contributed by atoms with Crippen LogP contribution in [0.2, 0.25) is 0 Å². The molecular weight excluding hydrogens is 182 g/mol. The maximum atomic E-state index is 11.1. The van der Waals surface area contributed by atoms with Crippen LogP contribution >= 0.6 is 0 Å². The Bertz CT molecular complexity index is 150. The van der Waals surface area contributed by atoms with Gasteiger partial charge in [0.25, 0.3) is 0 Å². The van der Waals surface area contributed by atoms with Crippen LogP contribution in [0.4, 0.5) is 0 Å². The summed E-state index contributed by atoms with van der Waals surface area (Å²) in [6.45, 7) is 6.02. The van der Waals surface area contributed by atoms with Crippen molar-refractivity contribution in [2.24, 2.45) is 11.7 Å². The SMILES string of the molecule is CCCOCCOC(=O)CC(C)CN. The summed E-state index contributed by atoms with van der Waals surface area (Å²) >= 11 is 0. The summed E-state index contributed by atoms with van der Waals surface area (Å²) in [5, 5.41) is 0. The molecule has 84 valence electrons. The molecule has 14 heavy (non-hydrogen) atoms. The van der Waals surface area contributed by atoms with E-state index in [0.29, 0.717) is 26.2 Å². The molecule has 0 aromatic rings. The molecule has 0 fully saturated rings. The average Bonchev–Trinajstić information content (AvgIpc) is 2.17. The number of carbonyl (C=O) groups excluding carboxylic acids is 1. The zero-order valence-electron chi connectivity index (χ0n) is 9.12. The summed E-state index contributed by atoms with van der Waals surface area (Å²) in [6, 6.07) is 0. The Morgan fingerprint density at radius 3 is 2.64 bits per heavy atom. The van der Waals surface area contributed by atoms with Crippen LogP contribution in [-0.4, -0.2) is 32.3 Å². The van der Waals surface area contributed by atoms with Crippen molar-refractivity contribution in [2.45, 2.75) is 26.7 Å². The molecule has 0 aromatic carbocycles. The summed E-state index contributed by atoms with van der Waals surface area (Å²) in [5.41, 5.74) is 5.38. The number of carbonyl (C=O) groups is 1. The number of hydrogen-bond acceptors (Lipinski definition) is 4. The summed E-state index contributed by atoms with van der Waals surface area (Å²) in [5.74, 6) is 0.00195. The highest BCUT2D eigenvalue weighted by atomic mass is 16.6. The predicted octanol–water partition coefficient (Wildman–Crippen LogP) is 0.941. The first-order valence-electron chi connectivity index (χ1n) is 5.14. The Balaban J connectivity index is 3.27. The lowest BCUT2D eigenvalue weighted by Crippen LogP contribution is -2.18. The van der Waals surface area contributed by atoms with Crippen LogP contribution in [-0.2, 0) is 14.3 Å². The molecule has 0 rings (SSSR count). The zero-order valence-corrected chi connectivity index (χ0v) is 9.12. The van der Waals surface area contributed by atoms with Gasteiger partial charge >= 0.3 is 5.97 Å². The van der Waals surface area contributed by atoms with Crippen LogP contribution in [0.5, 0.6) is 0 Å². The molecule has 0 heterocycles. The molecule has 0 aliphatic carbocycles. The lowest BCUT2D eigenvalue weighted by atomic mass is 10.1. The van der Waals surface area contributed by atoms with E-state index in [1.54, 1.807) is 0 Å². The molecule has 2 N–H and O–H groups in total. The summed E-state index contributed by atoms with van der Waals surface area (Å²) < 4.78 is 10.1. The van der Waals surface area contributed by atoms with Crippen molar-refractivity contribution in [1.82, 2.24) is 0 Å². The van der Waals surface area contributed by atoms with E-state index >= 15 is 0 Å². The van der Waals surface area contributed by atoms with Crippen LogP contribution in [0.25, 0.3) is 0 Å². The highest BCUT2D eigenvalue weighted by Crippen LogP contribution is 2.00. The largest absolute Gasteiger partial charge is 0.463 e. The molecular formula is C10H21NO3. The molecule has 1 unspecified atom stereocenters. The van der Waals surface area contributed by atoms with Gasteiger partial charge in [-0.2, -0.15) is 0 Å². The molecule has 1 atom stereocenters. The first-order valence-corrected chi connectivity index (χ1v) is 5.14. The van der Waals surface area contributed by atoms with Crippen molar-refractivity contribution >= 4 is 5.97 Å². The molecule has 0 amide bonds. The molecule has 4 heteroatoms. The minimum atomic E-state index is -0.192. The highest BCUT2D eigenvalue weighted by molar-refractivity contribution is 5.69. The first kappa shape index (κ1) is 13.4. The molecule has 0 aliphatic heterocycles. The standard InChI is InChI=1S/C10H21NO3/c1-3-4-13-5-6-14-10(12)7-9(2)8-11/h9H,3-8,11H2,1-2H3. The number of ether oxygens (including phenoxy) is 2. The molecule has 0 aliphatic rings. The van der Waals surface area contributed by atoms with E-state index in [4.69, 9.17) is 15.2 Å². The van der Waals surface area contributed by atoms with Gasteiger partial charge in [-0.25, -0.2) is 0 Å². The molecule has 0 saturated heterocycles. The first-order chi connectivity index (χ1) is 6.70. The lowest BCUT2D eigenvalue weighted by Gasteiger charge is -2.08. The number of rotatable bonds is 8. The molecule has 0 radical (unpaired) electrons. The number of hydrogen-bond donors (Lipinski definition) is 1. The zero-order chi connectivity index (χ0) is 10.8. The number of esters is 1. The van der Waals surface area contributed by atoms with Gasteiger partial charge in [-0.3, -0.25) is 4.79 Å². The maximum absolute atomic E-state index is 11.1. The molecule has 0 saturated carbocycles. The second-order valence-corrected chi connectivity index (χ2v) is 3.38. The number of nitrogens with two attached hydrogens (primary N) is 1. The Kier molecular flexibility index (Phi) is 8.57. The Morgan fingerprint density at radius 1 is 1.36 bits per heavy atom. The van der Waals surface area contributed by atoms with E-state index < -0.39 is 0 Å². The summed E-state index contributed by atoms with van der Waals surface area (Å²) in [4.78, 5) is 11.1. The van der Waals surface area contributed by atoms with Gasteiger partial charge in [-0.1, -0.05) is 13.8 Å². The van der Waals surface area contributed by atoms with Gasteiger partial charge in [0.05, 0.1) is 6.61 Å². The summed E-state index contributed by atoms with van der Waals surface area (Å²) in [7, 11) is 0. The van der Waals surface area contributed by atoms with E-state index in [1.807, 2.05) is 13.8 Å². The van der Waals surface area contributed by atoms with Gasteiger partial charge < -0.3 is 15.2 Å². The minimum absolute atomic E-state index is 0.192.